The fourth-order valence-electron chi connectivity index (χ4n) is 1.72. The molecule has 1 fully saturated rings. The van der Waals surface area contributed by atoms with Crippen LogP contribution in [0.2, 0.25) is 0 Å². The molecule has 3 N–H and O–H groups in total. The molecule has 6 heteroatoms. The summed E-state index contributed by atoms with van der Waals surface area (Å²) in [6.45, 7) is 0. The molecule has 1 aromatic rings. The quantitative estimate of drug-likeness (QED) is 0.703. The molecule has 0 aliphatic heterocycles. The Morgan fingerprint density at radius 1 is 1.18 bits per heavy atom. The van der Waals surface area contributed by atoms with Gasteiger partial charge in [0.1, 0.15) is 0 Å². The maximum atomic E-state index is 12.7. The number of alkyl halides is 3. The smallest absolute Gasteiger partial charge is 0.416 e. The minimum absolute atomic E-state index is 0.303. The Morgan fingerprint density at radius 2 is 1.76 bits per heavy atom. The van der Waals surface area contributed by atoms with Crippen LogP contribution in [0.15, 0.2) is 12.1 Å². The van der Waals surface area contributed by atoms with Crippen molar-refractivity contribution in [3.8, 4) is 11.5 Å². The van der Waals surface area contributed by atoms with Crippen molar-refractivity contribution in [3.63, 3.8) is 0 Å². The van der Waals surface area contributed by atoms with E-state index >= 15 is 0 Å². The number of halogens is 3. The van der Waals surface area contributed by atoms with Gasteiger partial charge in [-0.05, 0) is 25.0 Å². The van der Waals surface area contributed by atoms with Crippen molar-refractivity contribution in [1.29, 1.82) is 0 Å². The SMILES string of the molecule is Oc1ccc(C(F)(F)F)c(CC2(O)CC2)c1O. The first-order valence-corrected chi connectivity index (χ1v) is 5.06. The van der Waals surface area contributed by atoms with E-state index in [4.69, 9.17) is 0 Å². The first kappa shape index (κ1) is 12.0. The van der Waals surface area contributed by atoms with Crippen LogP contribution >= 0.6 is 0 Å². The molecule has 0 bridgehead atoms. The lowest BCUT2D eigenvalue weighted by molar-refractivity contribution is -0.138. The maximum Gasteiger partial charge on any atom is 0.416 e. The predicted molar refractivity (Wildman–Crippen MR) is 52.7 cm³/mol. The van der Waals surface area contributed by atoms with E-state index in [9.17, 15) is 28.5 Å². The summed E-state index contributed by atoms with van der Waals surface area (Å²) in [5.74, 6) is -1.42. The standard InChI is InChI=1S/C11H11F3O3/c12-11(13,14)7-1-2-8(15)9(16)6(7)5-10(17)3-4-10/h1-2,15-17H,3-5H2. The van der Waals surface area contributed by atoms with E-state index < -0.39 is 34.4 Å². The normalized spacial score (nSPS) is 18.1. The van der Waals surface area contributed by atoms with Crippen molar-refractivity contribution in [1.82, 2.24) is 0 Å². The molecular formula is C11H11F3O3. The van der Waals surface area contributed by atoms with Crippen LogP contribution in [-0.2, 0) is 12.6 Å². The first-order chi connectivity index (χ1) is 7.73. The van der Waals surface area contributed by atoms with Gasteiger partial charge in [0.25, 0.3) is 0 Å². The summed E-state index contributed by atoms with van der Waals surface area (Å²) in [4.78, 5) is 0. The van der Waals surface area contributed by atoms with Gasteiger partial charge in [-0.2, -0.15) is 13.2 Å². The molecule has 17 heavy (non-hydrogen) atoms. The van der Waals surface area contributed by atoms with E-state index in [0.717, 1.165) is 6.07 Å². The minimum Gasteiger partial charge on any atom is -0.504 e. The number of phenols is 2. The molecule has 0 amide bonds. The summed E-state index contributed by atoms with van der Waals surface area (Å²) >= 11 is 0. The molecule has 0 aromatic heterocycles. The Bertz CT molecular complexity index is 450. The summed E-state index contributed by atoms with van der Waals surface area (Å²) in [6, 6.07) is 1.49. The number of rotatable bonds is 2. The van der Waals surface area contributed by atoms with Gasteiger partial charge >= 0.3 is 6.18 Å². The molecule has 0 radical (unpaired) electrons. The highest BCUT2D eigenvalue weighted by Crippen LogP contribution is 2.46. The number of benzene rings is 1. The zero-order valence-corrected chi connectivity index (χ0v) is 8.75. The molecule has 2 rings (SSSR count). The summed E-state index contributed by atoms with van der Waals surface area (Å²) in [6.07, 6.45) is -4.12. The number of aromatic hydroxyl groups is 2. The number of hydrogen-bond acceptors (Lipinski definition) is 3. The molecule has 3 nitrogen and oxygen atoms in total. The lowest BCUT2D eigenvalue weighted by Gasteiger charge is -2.17. The Kier molecular flexibility index (Phi) is 2.50. The van der Waals surface area contributed by atoms with Crippen molar-refractivity contribution >= 4 is 0 Å². The highest BCUT2D eigenvalue weighted by Gasteiger charge is 2.44. The molecule has 94 valence electrons. The van der Waals surface area contributed by atoms with Gasteiger partial charge in [-0.25, -0.2) is 0 Å². The highest BCUT2D eigenvalue weighted by molar-refractivity contribution is 5.51. The summed E-state index contributed by atoms with van der Waals surface area (Å²) in [5.41, 5.74) is -2.64. The van der Waals surface area contributed by atoms with Crippen molar-refractivity contribution in [3.05, 3.63) is 23.3 Å². The van der Waals surface area contributed by atoms with Crippen molar-refractivity contribution in [2.45, 2.75) is 31.0 Å². The van der Waals surface area contributed by atoms with Crippen molar-refractivity contribution in [2.24, 2.45) is 0 Å². The van der Waals surface area contributed by atoms with E-state index in [2.05, 4.69) is 0 Å². The highest BCUT2D eigenvalue weighted by atomic mass is 19.4. The molecule has 0 saturated heterocycles. The lowest BCUT2D eigenvalue weighted by atomic mass is 9.98. The van der Waals surface area contributed by atoms with Crippen LogP contribution in [0.4, 0.5) is 13.2 Å². The van der Waals surface area contributed by atoms with Gasteiger partial charge in [-0.3, -0.25) is 0 Å². The molecule has 0 spiro atoms. The number of hydrogen-bond donors (Lipinski definition) is 3. The van der Waals surface area contributed by atoms with E-state index in [1.54, 1.807) is 0 Å². The molecule has 0 atom stereocenters. The molecule has 0 heterocycles. The largest absolute Gasteiger partial charge is 0.504 e. The summed E-state index contributed by atoms with van der Waals surface area (Å²) in [7, 11) is 0. The summed E-state index contributed by atoms with van der Waals surface area (Å²) < 4.78 is 38.0. The van der Waals surface area contributed by atoms with Crippen LogP contribution in [0.3, 0.4) is 0 Å². The minimum atomic E-state index is -4.62. The van der Waals surface area contributed by atoms with Crippen LogP contribution in [-0.4, -0.2) is 20.9 Å². The van der Waals surface area contributed by atoms with Gasteiger partial charge in [0.2, 0.25) is 0 Å². The Labute approximate surface area is 95.1 Å². The van der Waals surface area contributed by atoms with Crippen molar-refractivity contribution in [2.75, 3.05) is 0 Å². The summed E-state index contributed by atoms with van der Waals surface area (Å²) in [5, 5.41) is 28.3. The van der Waals surface area contributed by atoms with Gasteiger partial charge in [-0.1, -0.05) is 0 Å². The Morgan fingerprint density at radius 3 is 2.24 bits per heavy atom. The van der Waals surface area contributed by atoms with Gasteiger partial charge in [0.15, 0.2) is 11.5 Å². The maximum absolute atomic E-state index is 12.7. The third-order valence-corrected chi connectivity index (χ3v) is 2.90. The molecular weight excluding hydrogens is 237 g/mol. The van der Waals surface area contributed by atoms with E-state index in [1.165, 1.54) is 0 Å². The third kappa shape index (κ3) is 2.31. The molecule has 1 aliphatic carbocycles. The second kappa shape index (κ2) is 3.53. The Balaban J connectivity index is 2.48. The third-order valence-electron chi connectivity index (χ3n) is 2.90. The zero-order valence-electron chi connectivity index (χ0n) is 8.75. The fourth-order valence-corrected chi connectivity index (χ4v) is 1.72. The van der Waals surface area contributed by atoms with Crippen molar-refractivity contribution < 1.29 is 28.5 Å². The molecule has 0 unspecified atom stereocenters. The van der Waals surface area contributed by atoms with Crippen LogP contribution in [0.25, 0.3) is 0 Å². The number of aliphatic hydroxyl groups is 1. The van der Waals surface area contributed by atoms with Crippen LogP contribution in [0.5, 0.6) is 11.5 Å². The van der Waals surface area contributed by atoms with E-state index in [0.29, 0.717) is 18.9 Å². The molecule has 1 aliphatic rings. The van der Waals surface area contributed by atoms with Crippen LogP contribution < -0.4 is 0 Å². The second-order valence-corrected chi connectivity index (χ2v) is 4.36. The second-order valence-electron chi connectivity index (χ2n) is 4.36. The zero-order chi connectivity index (χ0) is 12.8. The average molecular weight is 248 g/mol. The van der Waals surface area contributed by atoms with E-state index in [-0.39, 0.29) is 6.42 Å². The molecule has 1 saturated carbocycles. The molecule has 1 aromatic carbocycles. The fraction of sp³-hybridized carbons (Fsp3) is 0.455. The van der Waals surface area contributed by atoms with Gasteiger partial charge in [-0.15, -0.1) is 0 Å². The van der Waals surface area contributed by atoms with Gasteiger partial charge in [0, 0.05) is 12.0 Å². The van der Waals surface area contributed by atoms with Gasteiger partial charge in [0.05, 0.1) is 11.2 Å². The Hall–Kier alpha value is -1.43. The average Bonchev–Trinajstić information content (AvgIpc) is 2.90. The predicted octanol–water partition coefficient (Wildman–Crippen LogP) is 2.18. The van der Waals surface area contributed by atoms with Crippen LogP contribution in [0.1, 0.15) is 24.0 Å². The van der Waals surface area contributed by atoms with E-state index in [1.807, 2.05) is 0 Å². The lowest BCUT2D eigenvalue weighted by Crippen LogP contribution is -2.16. The van der Waals surface area contributed by atoms with Crippen LogP contribution in [0, 0.1) is 0 Å². The first-order valence-electron chi connectivity index (χ1n) is 5.06. The number of phenolic OH excluding ortho intramolecular Hbond substituents is 2. The van der Waals surface area contributed by atoms with Gasteiger partial charge < -0.3 is 15.3 Å². The topological polar surface area (TPSA) is 60.7 Å². The monoisotopic (exact) mass is 248 g/mol.